The average Bonchev–Trinajstić information content (AvgIpc) is 2.91. The summed E-state index contributed by atoms with van der Waals surface area (Å²) in [4.78, 5) is 12.1. The maximum Gasteiger partial charge on any atom is 0.338 e. The van der Waals surface area contributed by atoms with Gasteiger partial charge >= 0.3 is 5.97 Å². The summed E-state index contributed by atoms with van der Waals surface area (Å²) in [5, 5.41) is 4.34. The number of esters is 1. The molecule has 1 heterocycles. The van der Waals surface area contributed by atoms with Crippen molar-refractivity contribution in [2.45, 2.75) is 32.4 Å². The minimum Gasteiger partial charge on any atom is -0.465 e. The summed E-state index contributed by atoms with van der Waals surface area (Å²) in [6.45, 7) is 7.21. The molecule has 0 saturated heterocycles. The van der Waals surface area contributed by atoms with Gasteiger partial charge < -0.3 is 9.26 Å². The first-order valence-corrected chi connectivity index (χ1v) is 8.94. The van der Waals surface area contributed by atoms with Crippen molar-refractivity contribution < 1.29 is 18.3 Å². The van der Waals surface area contributed by atoms with Crippen LogP contribution >= 0.6 is 11.6 Å². The first-order chi connectivity index (χ1) is 11.6. The van der Waals surface area contributed by atoms with Gasteiger partial charge in [0.2, 0.25) is 0 Å². The molecule has 0 aliphatic heterocycles. The molecule has 2 rings (SSSR count). The minimum atomic E-state index is -1.44. The molecule has 0 fully saturated rings. The molecule has 25 heavy (non-hydrogen) atoms. The van der Waals surface area contributed by atoms with E-state index in [4.69, 9.17) is 20.9 Å². The predicted octanol–water partition coefficient (Wildman–Crippen LogP) is 3.97. The Morgan fingerprint density at radius 1 is 1.40 bits per heavy atom. The maximum absolute atomic E-state index is 12.1. The van der Waals surface area contributed by atoms with E-state index in [2.05, 4.69) is 9.55 Å². The van der Waals surface area contributed by atoms with Crippen LogP contribution < -0.4 is 0 Å². The lowest BCUT2D eigenvalue weighted by Crippen LogP contribution is -2.19. The first kappa shape index (κ1) is 19.3. The Bertz CT molecular complexity index is 853. The molecule has 1 aromatic carbocycles. The van der Waals surface area contributed by atoms with Gasteiger partial charge in [-0.15, -0.1) is 0 Å². The fourth-order valence-corrected chi connectivity index (χ4v) is 2.75. The zero-order chi connectivity index (χ0) is 18.8. The second kappa shape index (κ2) is 7.49. The van der Waals surface area contributed by atoms with Gasteiger partial charge in [-0.05, 0) is 39.8 Å². The third-order valence-corrected chi connectivity index (χ3v) is 4.91. The number of carbonyl (C=O) groups is 1. The van der Waals surface area contributed by atoms with Gasteiger partial charge in [0.15, 0.2) is 5.76 Å². The Morgan fingerprint density at radius 2 is 2.08 bits per heavy atom. The number of rotatable bonds is 4. The van der Waals surface area contributed by atoms with E-state index in [1.165, 1.54) is 19.4 Å². The Labute approximate surface area is 153 Å². The second-order valence-corrected chi connectivity index (χ2v) is 8.66. The fourth-order valence-electron chi connectivity index (χ4n) is 2.07. The van der Waals surface area contributed by atoms with Gasteiger partial charge in [-0.1, -0.05) is 22.8 Å². The molecule has 6 nitrogen and oxygen atoms in total. The van der Waals surface area contributed by atoms with Crippen molar-refractivity contribution in [1.29, 1.82) is 0 Å². The van der Waals surface area contributed by atoms with Crippen LogP contribution in [0.25, 0.3) is 11.1 Å². The summed E-state index contributed by atoms with van der Waals surface area (Å²) in [6, 6.07) is 4.86. The lowest BCUT2D eigenvalue weighted by molar-refractivity contribution is 0.0601. The van der Waals surface area contributed by atoms with Gasteiger partial charge in [0, 0.05) is 10.6 Å². The van der Waals surface area contributed by atoms with Crippen molar-refractivity contribution in [2.75, 3.05) is 7.11 Å². The van der Waals surface area contributed by atoms with Crippen LogP contribution in [0, 0.1) is 6.92 Å². The van der Waals surface area contributed by atoms with Crippen LogP contribution in [0.4, 0.5) is 0 Å². The van der Waals surface area contributed by atoms with Gasteiger partial charge in [-0.25, -0.2) is 9.00 Å². The molecule has 0 saturated carbocycles. The van der Waals surface area contributed by atoms with Crippen molar-refractivity contribution >= 4 is 34.8 Å². The zero-order valence-corrected chi connectivity index (χ0v) is 16.2. The highest BCUT2D eigenvalue weighted by molar-refractivity contribution is 7.85. The summed E-state index contributed by atoms with van der Waals surface area (Å²) in [7, 11) is -0.150. The summed E-state index contributed by atoms with van der Waals surface area (Å²) in [5.74, 6) is -0.221. The maximum atomic E-state index is 12.1. The van der Waals surface area contributed by atoms with Crippen LogP contribution in [0.3, 0.4) is 0 Å². The summed E-state index contributed by atoms with van der Waals surface area (Å²) < 4.78 is 25.8. The largest absolute Gasteiger partial charge is 0.465 e. The molecule has 0 aliphatic carbocycles. The molecule has 2 aromatic rings. The number of aryl methyl sites for hydroxylation is 1. The van der Waals surface area contributed by atoms with Gasteiger partial charge in [0.1, 0.15) is 11.0 Å². The topological polar surface area (TPSA) is 81.8 Å². The van der Waals surface area contributed by atoms with Gasteiger partial charge in [-0.3, -0.25) is 0 Å². The van der Waals surface area contributed by atoms with E-state index in [9.17, 15) is 9.00 Å². The van der Waals surface area contributed by atoms with Crippen molar-refractivity contribution in [3.8, 4) is 11.1 Å². The normalized spacial score (nSPS) is 13.2. The highest BCUT2D eigenvalue weighted by atomic mass is 35.5. The van der Waals surface area contributed by atoms with E-state index in [0.29, 0.717) is 27.6 Å². The number of nitrogens with zero attached hydrogens (tertiary/aromatic N) is 2. The molecular formula is C17H19ClN2O4S. The lowest BCUT2D eigenvalue weighted by atomic mass is 9.98. The molecule has 1 aromatic heterocycles. The highest BCUT2D eigenvalue weighted by Gasteiger charge is 2.22. The van der Waals surface area contributed by atoms with Crippen molar-refractivity contribution in [3.05, 3.63) is 40.2 Å². The molecule has 134 valence electrons. The van der Waals surface area contributed by atoms with Crippen molar-refractivity contribution in [3.63, 3.8) is 0 Å². The van der Waals surface area contributed by atoms with E-state index < -0.39 is 21.7 Å². The van der Waals surface area contributed by atoms with Gasteiger partial charge in [0.25, 0.3) is 0 Å². The smallest absolute Gasteiger partial charge is 0.338 e. The molecule has 8 heteroatoms. The Hall–Kier alpha value is -1.99. The Kier molecular flexibility index (Phi) is 5.80. The quantitative estimate of drug-likeness (QED) is 0.590. The van der Waals surface area contributed by atoms with Crippen LogP contribution in [-0.2, 0) is 15.7 Å². The standard InChI is InChI=1S/C17H19ClN2O4S/c1-10-15(12-7-6-11(18)8-13(12)16(21)23-5)14(24-20-10)9-19-25(22)17(2,3)4/h6-9H,1-5H3/t25-/m1/s1. The van der Waals surface area contributed by atoms with Gasteiger partial charge in [-0.2, -0.15) is 4.40 Å². The predicted molar refractivity (Wildman–Crippen MR) is 98.5 cm³/mol. The molecule has 0 N–H and O–H groups in total. The zero-order valence-electron chi connectivity index (χ0n) is 14.6. The second-order valence-electron chi connectivity index (χ2n) is 6.28. The van der Waals surface area contributed by atoms with Crippen LogP contribution in [-0.4, -0.2) is 33.4 Å². The molecule has 0 radical (unpaired) electrons. The molecule has 0 spiro atoms. The van der Waals surface area contributed by atoms with Crippen molar-refractivity contribution in [1.82, 2.24) is 5.16 Å². The van der Waals surface area contributed by atoms with Gasteiger partial charge in [0.05, 0.1) is 34.9 Å². The van der Waals surface area contributed by atoms with Crippen LogP contribution in [0.2, 0.25) is 5.02 Å². The van der Waals surface area contributed by atoms with E-state index >= 15 is 0 Å². The monoisotopic (exact) mass is 382 g/mol. The summed E-state index contributed by atoms with van der Waals surface area (Å²) in [6.07, 6.45) is 1.37. The number of hydrogen-bond acceptors (Lipinski definition) is 5. The molecule has 0 amide bonds. The number of hydrogen-bond donors (Lipinski definition) is 0. The number of aromatic nitrogens is 1. The van der Waals surface area contributed by atoms with E-state index in [1.54, 1.807) is 19.1 Å². The average molecular weight is 383 g/mol. The number of ether oxygens (including phenoxy) is 1. The number of carbonyl (C=O) groups excluding carboxylic acids is 1. The first-order valence-electron chi connectivity index (χ1n) is 7.45. The Balaban J connectivity index is 2.56. The highest BCUT2D eigenvalue weighted by Crippen LogP contribution is 2.32. The van der Waals surface area contributed by atoms with Crippen LogP contribution in [0.15, 0.2) is 27.1 Å². The molecule has 1 atom stereocenters. The molecule has 0 aliphatic rings. The van der Waals surface area contributed by atoms with E-state index in [1.807, 2.05) is 20.8 Å². The fraction of sp³-hybridized carbons (Fsp3) is 0.353. The summed E-state index contributed by atoms with van der Waals surface area (Å²) in [5.41, 5.74) is 1.98. The van der Waals surface area contributed by atoms with E-state index in [0.717, 1.165) is 0 Å². The van der Waals surface area contributed by atoms with E-state index in [-0.39, 0.29) is 5.56 Å². The summed E-state index contributed by atoms with van der Waals surface area (Å²) >= 11 is 6.00. The third kappa shape index (κ3) is 4.35. The van der Waals surface area contributed by atoms with Crippen molar-refractivity contribution in [2.24, 2.45) is 4.40 Å². The molecule has 0 bridgehead atoms. The minimum absolute atomic E-state index is 0.285. The SMILES string of the molecule is COC(=O)c1cc(Cl)ccc1-c1c(C)noc1C=N[S@](=O)C(C)(C)C. The lowest BCUT2D eigenvalue weighted by Gasteiger charge is -2.12. The number of methoxy groups -OCH3 is 1. The number of benzene rings is 1. The Morgan fingerprint density at radius 3 is 2.68 bits per heavy atom. The van der Waals surface area contributed by atoms with Crippen LogP contribution in [0.1, 0.15) is 42.6 Å². The molecular weight excluding hydrogens is 364 g/mol. The molecule has 0 unspecified atom stereocenters. The van der Waals surface area contributed by atoms with Crippen LogP contribution in [0.5, 0.6) is 0 Å². The third-order valence-electron chi connectivity index (χ3n) is 3.33. The number of halogens is 1.